The lowest BCUT2D eigenvalue weighted by molar-refractivity contribution is -0.120. The van der Waals surface area contributed by atoms with E-state index in [0.717, 1.165) is 4.70 Å². The lowest BCUT2D eigenvalue weighted by Crippen LogP contribution is -2.34. The molecule has 2 heterocycles. The van der Waals surface area contributed by atoms with E-state index in [-0.39, 0.29) is 19.1 Å². The maximum Gasteiger partial charge on any atom is 0.267 e. The number of carbonyl (C=O) groups is 1. The number of rotatable bonds is 7. The highest BCUT2D eigenvalue weighted by Gasteiger charge is 2.24. The van der Waals surface area contributed by atoms with Gasteiger partial charge in [-0.15, -0.1) is 0 Å². The molecule has 0 bridgehead atoms. The molecule has 160 valence electrons. The van der Waals surface area contributed by atoms with Gasteiger partial charge in [0.2, 0.25) is 0 Å². The van der Waals surface area contributed by atoms with Crippen LogP contribution < -0.4 is 14.4 Å². The molecule has 0 unspecified atom stereocenters. The molecule has 0 saturated heterocycles. The minimum atomic E-state index is -0.337. The third-order valence-corrected chi connectivity index (χ3v) is 6.41. The Morgan fingerprint density at radius 2 is 1.94 bits per heavy atom. The van der Waals surface area contributed by atoms with E-state index in [2.05, 4.69) is 4.98 Å². The SMILES string of the molecule is COc1ccc(Cl)c2sc(N(Cc3ccco3)C(=O)COc3ccc(Cl)cc3Cl)nc12. The summed E-state index contributed by atoms with van der Waals surface area (Å²) in [6, 6.07) is 11.8. The minimum Gasteiger partial charge on any atom is -0.494 e. The fourth-order valence-corrected chi connectivity index (χ4v) is 4.59. The van der Waals surface area contributed by atoms with Crippen molar-refractivity contribution in [3.05, 3.63) is 69.6 Å². The maximum atomic E-state index is 13.1. The molecule has 0 spiro atoms. The molecule has 0 fully saturated rings. The van der Waals surface area contributed by atoms with Crippen molar-refractivity contribution in [2.75, 3.05) is 18.6 Å². The number of hydrogen-bond donors (Lipinski definition) is 0. The van der Waals surface area contributed by atoms with Gasteiger partial charge in [-0.1, -0.05) is 46.1 Å². The summed E-state index contributed by atoms with van der Waals surface area (Å²) in [5.74, 6) is 1.18. The zero-order valence-electron chi connectivity index (χ0n) is 16.1. The summed E-state index contributed by atoms with van der Waals surface area (Å²) in [6.45, 7) is -0.0911. The first-order valence-electron chi connectivity index (χ1n) is 9.00. The monoisotopic (exact) mass is 496 g/mol. The van der Waals surface area contributed by atoms with Gasteiger partial charge in [0.15, 0.2) is 11.7 Å². The molecule has 31 heavy (non-hydrogen) atoms. The third-order valence-electron chi connectivity index (χ3n) is 4.34. The highest BCUT2D eigenvalue weighted by Crippen LogP contribution is 2.39. The van der Waals surface area contributed by atoms with Crippen molar-refractivity contribution in [1.82, 2.24) is 4.98 Å². The highest BCUT2D eigenvalue weighted by atomic mass is 35.5. The van der Waals surface area contributed by atoms with Crippen LogP contribution in [0.1, 0.15) is 5.76 Å². The number of hydrogen-bond acceptors (Lipinski definition) is 6. The number of benzene rings is 2. The Labute approximate surface area is 196 Å². The number of amides is 1. The van der Waals surface area contributed by atoms with Crippen LogP contribution in [0.15, 0.2) is 53.1 Å². The van der Waals surface area contributed by atoms with Gasteiger partial charge in [-0.2, -0.15) is 0 Å². The Bertz CT molecular complexity index is 1230. The summed E-state index contributed by atoms with van der Waals surface area (Å²) in [4.78, 5) is 19.2. The molecule has 0 aliphatic rings. The number of thiazole rings is 1. The van der Waals surface area contributed by atoms with E-state index in [4.69, 9.17) is 48.7 Å². The van der Waals surface area contributed by atoms with Crippen molar-refractivity contribution in [3.8, 4) is 11.5 Å². The summed E-state index contributed by atoms with van der Waals surface area (Å²) >= 11 is 19.7. The van der Waals surface area contributed by atoms with Crippen LogP contribution in [0, 0.1) is 0 Å². The fourth-order valence-electron chi connectivity index (χ4n) is 2.85. The van der Waals surface area contributed by atoms with Crippen molar-refractivity contribution in [2.24, 2.45) is 0 Å². The molecule has 0 N–H and O–H groups in total. The van der Waals surface area contributed by atoms with Crippen LogP contribution in [0.5, 0.6) is 11.5 Å². The molecule has 0 saturated carbocycles. The summed E-state index contributed by atoms with van der Waals surface area (Å²) in [5.41, 5.74) is 0.578. The van der Waals surface area contributed by atoms with Crippen molar-refractivity contribution in [2.45, 2.75) is 6.54 Å². The van der Waals surface area contributed by atoms with E-state index < -0.39 is 0 Å². The molecule has 4 rings (SSSR count). The van der Waals surface area contributed by atoms with Gasteiger partial charge in [0.25, 0.3) is 5.91 Å². The number of nitrogens with zero attached hydrogens (tertiary/aromatic N) is 2. The van der Waals surface area contributed by atoms with Crippen LogP contribution in [0.4, 0.5) is 5.13 Å². The van der Waals surface area contributed by atoms with Crippen molar-refractivity contribution < 1.29 is 18.7 Å². The summed E-state index contributed by atoms with van der Waals surface area (Å²) in [6.07, 6.45) is 1.54. The first kappa shape index (κ1) is 21.8. The number of fused-ring (bicyclic) bond motifs is 1. The van der Waals surface area contributed by atoms with Gasteiger partial charge in [-0.3, -0.25) is 9.69 Å². The maximum absolute atomic E-state index is 13.1. The Morgan fingerprint density at radius 1 is 1.13 bits per heavy atom. The third kappa shape index (κ3) is 4.75. The Hall–Kier alpha value is -2.45. The molecule has 10 heteroatoms. The average molecular weight is 498 g/mol. The molecular formula is C21H15Cl3N2O4S. The molecule has 0 aliphatic heterocycles. The predicted octanol–water partition coefficient (Wildman–Crippen LogP) is 6.47. The highest BCUT2D eigenvalue weighted by molar-refractivity contribution is 7.23. The summed E-state index contributed by atoms with van der Waals surface area (Å²) in [5, 5.41) is 1.75. The van der Waals surface area contributed by atoms with Crippen LogP contribution >= 0.6 is 46.1 Å². The number of aromatic nitrogens is 1. The van der Waals surface area contributed by atoms with Crippen molar-refractivity contribution in [3.63, 3.8) is 0 Å². The Morgan fingerprint density at radius 3 is 2.65 bits per heavy atom. The zero-order chi connectivity index (χ0) is 22.0. The molecule has 6 nitrogen and oxygen atoms in total. The van der Waals surface area contributed by atoms with E-state index in [1.165, 1.54) is 16.2 Å². The second kappa shape index (κ2) is 9.36. The lowest BCUT2D eigenvalue weighted by atomic mass is 10.3. The number of furan rings is 1. The molecule has 0 atom stereocenters. The van der Waals surface area contributed by atoms with Gasteiger partial charge >= 0.3 is 0 Å². The first-order valence-corrected chi connectivity index (χ1v) is 10.9. The van der Waals surface area contributed by atoms with E-state index in [1.807, 2.05) is 0 Å². The molecule has 1 amide bonds. The van der Waals surface area contributed by atoms with Gasteiger partial charge in [-0.05, 0) is 42.5 Å². The smallest absolute Gasteiger partial charge is 0.267 e. The predicted molar refractivity (Wildman–Crippen MR) is 123 cm³/mol. The second-order valence-corrected chi connectivity index (χ2v) is 8.57. The number of methoxy groups -OCH3 is 1. The van der Waals surface area contributed by atoms with Gasteiger partial charge in [0, 0.05) is 5.02 Å². The molecule has 0 radical (unpaired) electrons. The quantitative estimate of drug-likeness (QED) is 0.293. The van der Waals surface area contributed by atoms with Gasteiger partial charge < -0.3 is 13.9 Å². The normalized spacial score (nSPS) is 11.0. The summed E-state index contributed by atoms with van der Waals surface area (Å²) < 4.78 is 17.2. The number of carbonyl (C=O) groups excluding carboxylic acids is 1. The molecule has 4 aromatic rings. The average Bonchev–Trinajstić information content (AvgIpc) is 3.42. The largest absolute Gasteiger partial charge is 0.494 e. The van der Waals surface area contributed by atoms with Crippen LogP contribution in [-0.4, -0.2) is 24.6 Å². The first-order chi connectivity index (χ1) is 15.0. The number of anilines is 1. The molecular weight excluding hydrogens is 483 g/mol. The van der Waals surface area contributed by atoms with Gasteiger partial charge in [-0.25, -0.2) is 4.98 Å². The number of ether oxygens (including phenoxy) is 2. The van der Waals surface area contributed by atoms with Gasteiger partial charge in [0.1, 0.15) is 22.8 Å². The van der Waals surface area contributed by atoms with Crippen LogP contribution in [0.25, 0.3) is 10.2 Å². The molecule has 0 aliphatic carbocycles. The Kier molecular flexibility index (Phi) is 6.57. The van der Waals surface area contributed by atoms with Gasteiger partial charge in [0.05, 0.1) is 34.7 Å². The molecule has 2 aromatic carbocycles. The van der Waals surface area contributed by atoms with Crippen LogP contribution in [-0.2, 0) is 11.3 Å². The van der Waals surface area contributed by atoms with Crippen LogP contribution in [0.2, 0.25) is 15.1 Å². The second-order valence-electron chi connectivity index (χ2n) is 6.35. The van der Waals surface area contributed by atoms with Crippen LogP contribution in [0.3, 0.4) is 0 Å². The van der Waals surface area contributed by atoms with E-state index >= 15 is 0 Å². The van der Waals surface area contributed by atoms with Crippen molar-refractivity contribution in [1.29, 1.82) is 0 Å². The van der Waals surface area contributed by atoms with E-state index in [0.29, 0.717) is 43.0 Å². The summed E-state index contributed by atoms with van der Waals surface area (Å²) in [7, 11) is 1.55. The van der Waals surface area contributed by atoms with E-state index in [9.17, 15) is 4.79 Å². The lowest BCUT2D eigenvalue weighted by Gasteiger charge is -2.19. The minimum absolute atomic E-state index is 0.170. The topological polar surface area (TPSA) is 64.8 Å². The number of halogens is 3. The van der Waals surface area contributed by atoms with Crippen molar-refractivity contribution >= 4 is 67.4 Å². The standard InChI is InChI=1S/C21H15Cl3N2O4S/c1-28-17-7-5-14(23)20-19(17)25-21(31-20)26(10-13-3-2-8-29-13)18(27)11-30-16-6-4-12(22)9-15(16)24/h2-9H,10-11H2,1H3. The molecule has 2 aromatic heterocycles. The zero-order valence-corrected chi connectivity index (χ0v) is 19.2. The Balaban J connectivity index is 1.65. The fraction of sp³-hybridized carbons (Fsp3) is 0.143. The van der Waals surface area contributed by atoms with E-state index in [1.54, 1.807) is 55.8 Å².